The van der Waals surface area contributed by atoms with Crippen molar-refractivity contribution in [2.24, 2.45) is 5.92 Å². The van der Waals surface area contributed by atoms with Crippen LogP contribution >= 0.6 is 15.9 Å². The molecule has 0 aromatic heterocycles. The molecule has 288 valence electrons. The Morgan fingerprint density at radius 1 is 1.04 bits per heavy atom. The average molecular weight is 813 g/mol. The topological polar surface area (TPSA) is 186 Å². The SMILES string of the molecule is C=CCCCCC[C@H](NC(=O)OC(C)(C)C)C(=O)N1C[C@@H](OS(=O)(=O)c2ccc(Br)cc2)C[C@H]1C(=O)N(C(=O)OC(C)(C)C)[C@]1(C(=O)O)C[C@H]1C=C. The van der Waals surface area contributed by atoms with Crippen LogP contribution in [0.5, 0.6) is 0 Å². The Morgan fingerprint density at radius 2 is 1.65 bits per heavy atom. The molecule has 2 fully saturated rings. The van der Waals surface area contributed by atoms with E-state index in [9.17, 15) is 37.5 Å². The van der Waals surface area contributed by atoms with Gasteiger partial charge in [0.25, 0.3) is 16.0 Å². The van der Waals surface area contributed by atoms with E-state index in [4.69, 9.17) is 13.7 Å². The molecule has 0 unspecified atom stereocenters. The number of carboxylic acid groups (broad SMARTS) is 1. The third kappa shape index (κ3) is 10.9. The number of carbonyl (C=O) groups is 5. The molecule has 14 nitrogen and oxygen atoms in total. The highest BCUT2D eigenvalue weighted by Crippen LogP contribution is 2.51. The van der Waals surface area contributed by atoms with Crippen LogP contribution in [0.15, 0.2) is 58.9 Å². The van der Waals surface area contributed by atoms with E-state index in [0.29, 0.717) is 22.2 Å². The molecule has 2 aliphatic rings. The maximum atomic E-state index is 14.6. The number of carbonyl (C=O) groups excluding carboxylic acids is 4. The molecular weight excluding hydrogens is 762 g/mol. The minimum atomic E-state index is -4.42. The number of hydrogen-bond donors (Lipinski definition) is 2. The zero-order valence-electron chi connectivity index (χ0n) is 30.6. The number of likely N-dealkylation sites (tertiary alicyclic amines) is 1. The molecule has 1 aromatic rings. The molecule has 5 atom stereocenters. The Labute approximate surface area is 314 Å². The largest absolute Gasteiger partial charge is 0.479 e. The molecule has 16 heteroatoms. The molecule has 0 spiro atoms. The van der Waals surface area contributed by atoms with Gasteiger partial charge >= 0.3 is 18.2 Å². The number of hydrogen-bond acceptors (Lipinski definition) is 10. The quantitative estimate of drug-likeness (QED) is 0.121. The summed E-state index contributed by atoms with van der Waals surface area (Å²) in [7, 11) is -4.42. The standard InChI is InChI=1S/C36H50BrN3O11S/c1-9-11-12-13-14-15-27(38-32(45)49-34(3,4)5)29(41)39-22-25(51-52(47,48)26-18-16-24(37)17-19-26)20-28(39)30(42)40(33(46)50-35(6,7)8)36(31(43)44)21-23(36)10-2/h9-10,16-19,23,25,27-28H,1-2,11-15,20-22H2,3-8H3,(H,38,45)(H,43,44)/t23-,25+,27+,28+,36-/m1/s1. The number of rotatable bonds is 15. The summed E-state index contributed by atoms with van der Waals surface area (Å²) < 4.78 is 43.8. The Bertz CT molecular complexity index is 1640. The summed E-state index contributed by atoms with van der Waals surface area (Å²) in [6.07, 6.45) is 1.88. The van der Waals surface area contributed by atoms with Gasteiger partial charge in [0.1, 0.15) is 23.3 Å². The lowest BCUT2D eigenvalue weighted by atomic mass is 10.0. The van der Waals surface area contributed by atoms with Crippen LogP contribution in [0.3, 0.4) is 0 Å². The van der Waals surface area contributed by atoms with Crippen molar-refractivity contribution in [1.82, 2.24) is 15.1 Å². The number of carboxylic acids is 1. The first kappa shape index (κ1) is 42.7. The molecule has 52 heavy (non-hydrogen) atoms. The first-order valence-corrected chi connectivity index (χ1v) is 19.3. The third-order valence-corrected chi connectivity index (χ3v) is 10.3. The van der Waals surface area contributed by atoms with Gasteiger partial charge in [-0.1, -0.05) is 40.9 Å². The molecule has 1 aromatic carbocycles. The zero-order chi connectivity index (χ0) is 39.2. The number of nitrogens with one attached hydrogen (secondary N) is 1. The Morgan fingerprint density at radius 3 is 2.17 bits per heavy atom. The lowest BCUT2D eigenvalue weighted by molar-refractivity contribution is -0.155. The highest BCUT2D eigenvalue weighted by atomic mass is 79.9. The number of alkyl carbamates (subject to hydrolysis) is 1. The van der Waals surface area contributed by atoms with E-state index in [0.717, 1.165) is 17.7 Å². The second-order valence-corrected chi connectivity index (χ2v) is 17.4. The number of imide groups is 1. The predicted octanol–water partition coefficient (Wildman–Crippen LogP) is 5.95. The number of allylic oxidation sites excluding steroid dienone is 1. The van der Waals surface area contributed by atoms with Gasteiger partial charge in [-0.05, 0) is 91.5 Å². The molecule has 0 bridgehead atoms. The van der Waals surface area contributed by atoms with E-state index in [1.54, 1.807) is 47.6 Å². The van der Waals surface area contributed by atoms with Crippen LogP contribution in [0.25, 0.3) is 0 Å². The van der Waals surface area contributed by atoms with Crippen molar-refractivity contribution < 1.29 is 51.2 Å². The number of ether oxygens (including phenoxy) is 2. The number of unbranched alkanes of at least 4 members (excludes halogenated alkanes) is 3. The monoisotopic (exact) mass is 811 g/mol. The van der Waals surface area contributed by atoms with Crippen molar-refractivity contribution in [2.45, 2.75) is 126 Å². The molecule has 1 aliphatic carbocycles. The number of benzene rings is 1. The van der Waals surface area contributed by atoms with E-state index >= 15 is 0 Å². The number of halogens is 1. The van der Waals surface area contributed by atoms with Crippen LogP contribution in [-0.2, 0) is 38.2 Å². The summed E-state index contributed by atoms with van der Waals surface area (Å²) >= 11 is 3.26. The van der Waals surface area contributed by atoms with Crippen LogP contribution in [-0.4, -0.2) is 94.8 Å². The fraction of sp³-hybridized carbons (Fsp3) is 0.583. The van der Waals surface area contributed by atoms with Crippen LogP contribution in [0.4, 0.5) is 9.59 Å². The average Bonchev–Trinajstić information content (AvgIpc) is 3.61. The summed E-state index contributed by atoms with van der Waals surface area (Å²) in [4.78, 5) is 69.9. The Hall–Kier alpha value is -3.76. The van der Waals surface area contributed by atoms with Gasteiger partial charge in [0.05, 0.1) is 11.0 Å². The van der Waals surface area contributed by atoms with Gasteiger partial charge in [0, 0.05) is 23.4 Å². The minimum absolute atomic E-state index is 0.128. The first-order valence-electron chi connectivity index (χ1n) is 17.1. The fourth-order valence-corrected chi connectivity index (χ4v) is 7.30. The van der Waals surface area contributed by atoms with Gasteiger partial charge in [-0.3, -0.25) is 13.8 Å². The van der Waals surface area contributed by atoms with Crippen LogP contribution in [0.1, 0.15) is 86.5 Å². The van der Waals surface area contributed by atoms with Gasteiger partial charge in [-0.2, -0.15) is 8.42 Å². The number of amides is 4. The van der Waals surface area contributed by atoms with E-state index in [1.807, 2.05) is 0 Å². The lowest BCUT2D eigenvalue weighted by Crippen LogP contribution is -2.60. The highest BCUT2D eigenvalue weighted by Gasteiger charge is 2.68. The van der Waals surface area contributed by atoms with Gasteiger partial charge in [-0.15, -0.1) is 13.2 Å². The van der Waals surface area contributed by atoms with Crippen molar-refractivity contribution in [3.63, 3.8) is 0 Å². The Balaban J connectivity index is 2.08. The molecule has 1 saturated heterocycles. The van der Waals surface area contributed by atoms with Gasteiger partial charge < -0.3 is 24.8 Å². The number of aliphatic carboxylic acids is 1. The summed E-state index contributed by atoms with van der Waals surface area (Å²) in [5.74, 6) is -4.19. The lowest BCUT2D eigenvalue weighted by Gasteiger charge is -2.35. The molecule has 1 aliphatic heterocycles. The maximum Gasteiger partial charge on any atom is 0.418 e. The summed E-state index contributed by atoms with van der Waals surface area (Å²) in [6.45, 7) is 16.5. The van der Waals surface area contributed by atoms with E-state index in [1.165, 1.54) is 30.3 Å². The number of nitrogens with zero attached hydrogens (tertiary/aromatic N) is 2. The van der Waals surface area contributed by atoms with Crippen molar-refractivity contribution in [1.29, 1.82) is 0 Å². The molecule has 1 heterocycles. The summed E-state index contributed by atoms with van der Waals surface area (Å²) in [5, 5.41) is 13.0. The Kier molecular flexibility index (Phi) is 13.9. The van der Waals surface area contributed by atoms with Crippen molar-refractivity contribution >= 4 is 56.0 Å². The zero-order valence-corrected chi connectivity index (χ0v) is 33.0. The molecule has 2 N–H and O–H groups in total. The molecule has 3 rings (SSSR count). The predicted molar refractivity (Wildman–Crippen MR) is 195 cm³/mol. The fourth-order valence-electron chi connectivity index (χ4n) is 5.96. The molecule has 0 radical (unpaired) electrons. The van der Waals surface area contributed by atoms with Crippen LogP contribution < -0.4 is 5.32 Å². The molecular formula is C36H50BrN3O11S. The molecule has 4 amide bonds. The van der Waals surface area contributed by atoms with Crippen molar-refractivity contribution in [3.8, 4) is 0 Å². The van der Waals surface area contributed by atoms with Crippen molar-refractivity contribution in [3.05, 3.63) is 54.0 Å². The first-order chi connectivity index (χ1) is 24.1. The molecule has 1 saturated carbocycles. The van der Waals surface area contributed by atoms with E-state index in [-0.39, 0.29) is 17.7 Å². The van der Waals surface area contributed by atoms with E-state index < -0.39 is 93.9 Å². The maximum absolute atomic E-state index is 14.6. The smallest absolute Gasteiger partial charge is 0.418 e. The van der Waals surface area contributed by atoms with Crippen LogP contribution in [0, 0.1) is 5.92 Å². The minimum Gasteiger partial charge on any atom is -0.479 e. The summed E-state index contributed by atoms with van der Waals surface area (Å²) in [6, 6.07) is 2.82. The van der Waals surface area contributed by atoms with Crippen LogP contribution in [0.2, 0.25) is 0 Å². The second kappa shape index (κ2) is 16.9. The van der Waals surface area contributed by atoms with Gasteiger partial charge in [-0.25, -0.2) is 19.3 Å². The van der Waals surface area contributed by atoms with Gasteiger partial charge in [0.2, 0.25) is 5.91 Å². The normalized spacial score (nSPS) is 22.1. The van der Waals surface area contributed by atoms with Crippen molar-refractivity contribution in [2.75, 3.05) is 6.54 Å². The highest BCUT2D eigenvalue weighted by molar-refractivity contribution is 9.10. The summed E-state index contributed by atoms with van der Waals surface area (Å²) in [5.41, 5.74) is -4.10. The van der Waals surface area contributed by atoms with Gasteiger partial charge in [0.15, 0.2) is 5.54 Å². The third-order valence-electron chi connectivity index (χ3n) is 8.42. The van der Waals surface area contributed by atoms with E-state index in [2.05, 4.69) is 34.4 Å². The second-order valence-electron chi connectivity index (χ2n) is 14.9.